The molecule has 0 spiro atoms. The van der Waals surface area contributed by atoms with Crippen molar-refractivity contribution in [1.82, 2.24) is 15.3 Å². The lowest BCUT2D eigenvalue weighted by molar-refractivity contribution is -0.00257. The normalized spacial score (nSPS) is 20.8. The highest BCUT2D eigenvalue weighted by Gasteiger charge is 2.31. The van der Waals surface area contributed by atoms with Gasteiger partial charge in [-0.2, -0.15) is 4.98 Å². The van der Waals surface area contributed by atoms with E-state index in [1.165, 1.54) is 0 Å². The summed E-state index contributed by atoms with van der Waals surface area (Å²) >= 11 is 0. The summed E-state index contributed by atoms with van der Waals surface area (Å²) in [6.45, 7) is 6.18. The monoisotopic (exact) mass is 357 g/mol. The van der Waals surface area contributed by atoms with Gasteiger partial charge in [-0.05, 0) is 64.5 Å². The molecule has 6 nitrogen and oxygen atoms in total. The first-order chi connectivity index (χ1) is 12.4. The molecule has 140 valence electrons. The zero-order chi connectivity index (χ0) is 18.7. The fourth-order valence-corrected chi connectivity index (χ4v) is 3.56. The summed E-state index contributed by atoms with van der Waals surface area (Å²) in [7, 11) is 0. The second kappa shape index (κ2) is 7.58. The molecular weight excluding hydrogens is 330 g/mol. The maximum Gasteiger partial charge on any atom is 0.253 e. The lowest BCUT2D eigenvalue weighted by atomic mass is 9.77. The Balaban J connectivity index is 1.64. The summed E-state index contributed by atoms with van der Waals surface area (Å²) in [6.07, 6.45) is 5.19. The molecular formula is C20H27N3O3. The van der Waals surface area contributed by atoms with Crippen LogP contribution < -0.4 is 10.1 Å². The molecule has 2 aromatic heterocycles. The minimum Gasteiger partial charge on any atom is -0.478 e. The van der Waals surface area contributed by atoms with Gasteiger partial charge in [0.25, 0.3) is 5.91 Å². The highest BCUT2D eigenvalue weighted by Crippen LogP contribution is 2.32. The molecule has 1 saturated carbocycles. The highest BCUT2D eigenvalue weighted by molar-refractivity contribution is 5.97. The lowest BCUT2D eigenvalue weighted by Gasteiger charge is -2.36. The van der Waals surface area contributed by atoms with Gasteiger partial charge in [0.05, 0.1) is 17.8 Å². The van der Waals surface area contributed by atoms with E-state index in [2.05, 4.69) is 15.3 Å². The third-order valence-electron chi connectivity index (χ3n) is 5.13. The quantitative estimate of drug-likeness (QED) is 0.859. The molecule has 0 atom stereocenters. The van der Waals surface area contributed by atoms with E-state index in [1.807, 2.05) is 32.9 Å². The predicted molar refractivity (Wildman–Crippen MR) is 100 cm³/mol. The van der Waals surface area contributed by atoms with Gasteiger partial charge in [0.1, 0.15) is 0 Å². The van der Waals surface area contributed by atoms with E-state index in [1.54, 1.807) is 12.3 Å². The number of fused-ring (bicyclic) bond motifs is 1. The number of hydrogen-bond donors (Lipinski definition) is 2. The largest absolute Gasteiger partial charge is 0.478 e. The Kier molecular flexibility index (Phi) is 5.41. The summed E-state index contributed by atoms with van der Waals surface area (Å²) in [6, 6.07) is 5.61. The van der Waals surface area contributed by atoms with Crippen molar-refractivity contribution in [3.8, 4) is 5.88 Å². The lowest BCUT2D eigenvalue weighted by Crippen LogP contribution is -2.41. The van der Waals surface area contributed by atoms with Crippen LogP contribution in [0.3, 0.4) is 0 Å². The Bertz CT molecular complexity index is 777. The first-order valence-corrected chi connectivity index (χ1v) is 9.29. The van der Waals surface area contributed by atoms with Crippen molar-refractivity contribution in [2.24, 2.45) is 5.92 Å². The van der Waals surface area contributed by atoms with Crippen LogP contribution in [0.2, 0.25) is 0 Å². The minimum absolute atomic E-state index is 0.111. The van der Waals surface area contributed by atoms with E-state index in [9.17, 15) is 9.90 Å². The molecule has 2 aromatic rings. The number of carbonyl (C=O) groups is 1. The Morgan fingerprint density at radius 3 is 2.69 bits per heavy atom. The van der Waals surface area contributed by atoms with Crippen LogP contribution in [0.5, 0.6) is 5.88 Å². The number of carbonyl (C=O) groups excluding carboxylic acids is 1. The van der Waals surface area contributed by atoms with Gasteiger partial charge in [-0.1, -0.05) is 0 Å². The van der Waals surface area contributed by atoms with Crippen LogP contribution >= 0.6 is 0 Å². The van der Waals surface area contributed by atoms with Crippen LogP contribution in [-0.4, -0.2) is 39.2 Å². The number of ether oxygens (including phenoxy) is 1. The van der Waals surface area contributed by atoms with Crippen LogP contribution in [0.25, 0.3) is 11.0 Å². The Labute approximate surface area is 154 Å². The molecule has 2 N–H and O–H groups in total. The van der Waals surface area contributed by atoms with Gasteiger partial charge >= 0.3 is 0 Å². The van der Waals surface area contributed by atoms with Crippen LogP contribution in [0.4, 0.5) is 0 Å². The molecule has 0 aliphatic heterocycles. The minimum atomic E-state index is -0.648. The van der Waals surface area contributed by atoms with Crippen molar-refractivity contribution in [1.29, 1.82) is 0 Å². The van der Waals surface area contributed by atoms with Gasteiger partial charge in [0.15, 0.2) is 5.65 Å². The zero-order valence-electron chi connectivity index (χ0n) is 15.7. The third-order valence-corrected chi connectivity index (χ3v) is 5.13. The number of rotatable bonds is 5. The van der Waals surface area contributed by atoms with Crippen LogP contribution in [0.1, 0.15) is 56.8 Å². The molecule has 2 heterocycles. The molecule has 0 bridgehead atoms. The molecule has 3 rings (SSSR count). The van der Waals surface area contributed by atoms with Gasteiger partial charge in [-0.15, -0.1) is 0 Å². The Hall–Kier alpha value is -2.21. The molecule has 1 aliphatic rings. The van der Waals surface area contributed by atoms with Crippen LogP contribution in [-0.2, 0) is 0 Å². The summed E-state index contributed by atoms with van der Waals surface area (Å²) in [5.41, 5.74) is 0.455. The van der Waals surface area contributed by atoms with Crippen molar-refractivity contribution in [3.63, 3.8) is 0 Å². The number of pyridine rings is 2. The molecule has 0 aromatic carbocycles. The number of hydrogen-bond acceptors (Lipinski definition) is 5. The summed E-state index contributed by atoms with van der Waals surface area (Å²) in [5, 5.41) is 14.0. The van der Waals surface area contributed by atoms with E-state index < -0.39 is 5.60 Å². The fraction of sp³-hybridized carbons (Fsp3) is 0.550. The topological polar surface area (TPSA) is 84.3 Å². The molecule has 1 aliphatic carbocycles. The number of amides is 1. The van der Waals surface area contributed by atoms with Crippen LogP contribution in [0.15, 0.2) is 24.4 Å². The molecule has 0 radical (unpaired) electrons. The predicted octanol–water partition coefficient (Wildman–Crippen LogP) is 3.09. The van der Waals surface area contributed by atoms with E-state index in [4.69, 9.17) is 4.74 Å². The van der Waals surface area contributed by atoms with Gasteiger partial charge in [0, 0.05) is 23.7 Å². The van der Waals surface area contributed by atoms with Crippen molar-refractivity contribution < 1.29 is 14.6 Å². The molecule has 1 amide bonds. The third kappa shape index (κ3) is 4.30. The fourth-order valence-electron chi connectivity index (χ4n) is 3.56. The average Bonchev–Trinajstić information content (AvgIpc) is 2.61. The highest BCUT2D eigenvalue weighted by atomic mass is 16.5. The standard InChI is InChI=1S/C20H27N3O3/c1-4-26-17-10-5-13-11-14(12-21-18(13)23-17)19(24)22-16-8-6-15(7-9-16)20(2,3)25/h5,10-12,15-16,25H,4,6-9H2,1-3H3,(H,22,24)/t15-,16-. The molecule has 0 unspecified atom stereocenters. The summed E-state index contributed by atoms with van der Waals surface area (Å²) < 4.78 is 5.38. The first kappa shape index (κ1) is 18.6. The van der Waals surface area contributed by atoms with E-state index in [0.29, 0.717) is 29.6 Å². The average molecular weight is 357 g/mol. The summed E-state index contributed by atoms with van der Waals surface area (Å²) in [5.74, 6) is 0.719. The van der Waals surface area contributed by atoms with Gasteiger partial charge in [-0.25, -0.2) is 4.98 Å². The summed E-state index contributed by atoms with van der Waals surface area (Å²) in [4.78, 5) is 21.2. The van der Waals surface area contributed by atoms with E-state index in [-0.39, 0.29) is 11.9 Å². The maximum atomic E-state index is 12.6. The Morgan fingerprint density at radius 1 is 1.31 bits per heavy atom. The van der Waals surface area contributed by atoms with E-state index in [0.717, 1.165) is 31.1 Å². The molecule has 6 heteroatoms. The Morgan fingerprint density at radius 2 is 2.04 bits per heavy atom. The zero-order valence-corrected chi connectivity index (χ0v) is 15.7. The first-order valence-electron chi connectivity index (χ1n) is 9.29. The van der Waals surface area contributed by atoms with Crippen molar-refractivity contribution in [3.05, 3.63) is 30.0 Å². The number of aromatic nitrogens is 2. The smallest absolute Gasteiger partial charge is 0.253 e. The van der Waals surface area contributed by atoms with Crippen LogP contribution in [0, 0.1) is 5.92 Å². The van der Waals surface area contributed by atoms with E-state index >= 15 is 0 Å². The van der Waals surface area contributed by atoms with Gasteiger partial charge in [0.2, 0.25) is 5.88 Å². The molecule has 26 heavy (non-hydrogen) atoms. The van der Waals surface area contributed by atoms with Gasteiger partial charge < -0.3 is 15.2 Å². The van der Waals surface area contributed by atoms with Crippen molar-refractivity contribution in [2.45, 2.75) is 58.1 Å². The van der Waals surface area contributed by atoms with Gasteiger partial charge in [-0.3, -0.25) is 4.79 Å². The van der Waals surface area contributed by atoms with Crippen molar-refractivity contribution >= 4 is 16.9 Å². The maximum absolute atomic E-state index is 12.6. The van der Waals surface area contributed by atoms with Crippen molar-refractivity contribution in [2.75, 3.05) is 6.61 Å². The molecule has 0 saturated heterocycles. The number of aliphatic hydroxyl groups is 1. The second-order valence-corrected chi connectivity index (χ2v) is 7.53. The number of nitrogens with zero attached hydrogens (tertiary/aromatic N) is 2. The molecule has 1 fully saturated rings. The SMILES string of the molecule is CCOc1ccc2cc(C(=O)N[C@H]3CC[C@H](C(C)(C)O)CC3)cnc2n1. The second-order valence-electron chi connectivity index (χ2n) is 7.53. The number of nitrogens with one attached hydrogen (secondary N) is 1.